The average Bonchev–Trinajstić information content (AvgIpc) is 2.59. The van der Waals surface area contributed by atoms with Gasteiger partial charge in [-0.2, -0.15) is 0 Å². The van der Waals surface area contributed by atoms with Gasteiger partial charge in [-0.15, -0.1) is 0 Å². The van der Waals surface area contributed by atoms with E-state index in [9.17, 15) is 18.8 Å². The van der Waals surface area contributed by atoms with Gasteiger partial charge in [0.1, 0.15) is 12.4 Å². The lowest BCUT2D eigenvalue weighted by Gasteiger charge is -2.06. The van der Waals surface area contributed by atoms with Gasteiger partial charge in [-0.1, -0.05) is 30.3 Å². The molecule has 0 aliphatic carbocycles. The average molecular weight is 315 g/mol. The summed E-state index contributed by atoms with van der Waals surface area (Å²) in [7, 11) is 0. The highest BCUT2D eigenvalue weighted by molar-refractivity contribution is 5.98. The van der Waals surface area contributed by atoms with Crippen molar-refractivity contribution in [1.29, 1.82) is 0 Å². The Bertz CT molecular complexity index is 698. The highest BCUT2D eigenvalue weighted by Crippen LogP contribution is 2.02. The fourth-order valence-electron chi connectivity index (χ4n) is 1.76. The predicted molar refractivity (Wildman–Crippen MR) is 80.5 cm³/mol. The number of carbonyl (C=O) groups excluding carboxylic acids is 3. The molecule has 6 heteroatoms. The Morgan fingerprint density at radius 2 is 1.57 bits per heavy atom. The molecule has 0 saturated heterocycles. The number of benzene rings is 2. The molecular weight excluding hydrogens is 301 g/mol. The van der Waals surface area contributed by atoms with Crippen LogP contribution in [-0.4, -0.2) is 30.8 Å². The lowest BCUT2D eigenvalue weighted by molar-refractivity contribution is -0.141. The van der Waals surface area contributed by atoms with Crippen LogP contribution in [0, 0.1) is 5.82 Å². The zero-order valence-corrected chi connectivity index (χ0v) is 12.1. The summed E-state index contributed by atoms with van der Waals surface area (Å²) in [5.74, 6) is -2.05. The Morgan fingerprint density at radius 1 is 0.913 bits per heavy atom. The number of hydrogen-bond acceptors (Lipinski definition) is 4. The van der Waals surface area contributed by atoms with E-state index in [2.05, 4.69) is 5.32 Å². The summed E-state index contributed by atoms with van der Waals surface area (Å²) < 4.78 is 17.5. The molecule has 0 aliphatic heterocycles. The molecule has 0 saturated carbocycles. The zero-order valence-electron chi connectivity index (χ0n) is 12.1. The fourth-order valence-corrected chi connectivity index (χ4v) is 1.76. The first-order chi connectivity index (χ1) is 11.1. The van der Waals surface area contributed by atoms with Crippen LogP contribution in [0.2, 0.25) is 0 Å². The second-order valence-electron chi connectivity index (χ2n) is 4.64. The van der Waals surface area contributed by atoms with Crippen LogP contribution in [0.4, 0.5) is 4.39 Å². The third kappa shape index (κ3) is 5.03. The molecule has 23 heavy (non-hydrogen) atoms. The van der Waals surface area contributed by atoms with Gasteiger partial charge in [0.05, 0.1) is 0 Å². The third-order valence-corrected chi connectivity index (χ3v) is 2.96. The minimum Gasteiger partial charge on any atom is -0.456 e. The number of esters is 1. The number of rotatable bonds is 6. The lowest BCUT2D eigenvalue weighted by Crippen LogP contribution is -2.31. The number of Topliss-reactive ketones (excluding diaryl/α,β-unsaturated/α-hetero) is 1. The zero-order chi connectivity index (χ0) is 16.7. The second kappa shape index (κ2) is 7.84. The van der Waals surface area contributed by atoms with Crippen molar-refractivity contribution in [3.8, 4) is 0 Å². The number of carbonyl (C=O) groups is 3. The number of amides is 1. The summed E-state index contributed by atoms with van der Waals surface area (Å²) in [6.07, 6.45) is 0. The summed E-state index contributed by atoms with van der Waals surface area (Å²) in [5, 5.41) is 2.33. The molecule has 0 bridgehead atoms. The topological polar surface area (TPSA) is 72.5 Å². The summed E-state index contributed by atoms with van der Waals surface area (Å²) in [6, 6.07) is 13.3. The summed E-state index contributed by atoms with van der Waals surface area (Å²) in [4.78, 5) is 35.0. The third-order valence-electron chi connectivity index (χ3n) is 2.96. The van der Waals surface area contributed by atoms with Crippen LogP contribution >= 0.6 is 0 Å². The van der Waals surface area contributed by atoms with Gasteiger partial charge in [-0.3, -0.25) is 14.4 Å². The maximum atomic E-state index is 12.7. The number of hydrogen-bond donors (Lipinski definition) is 1. The fraction of sp³-hybridized carbons (Fsp3) is 0.118. The van der Waals surface area contributed by atoms with E-state index in [1.807, 2.05) is 0 Å². The van der Waals surface area contributed by atoms with Crippen LogP contribution in [0.25, 0.3) is 0 Å². The molecule has 118 valence electrons. The molecule has 0 aliphatic rings. The van der Waals surface area contributed by atoms with Gasteiger partial charge in [-0.05, 0) is 24.3 Å². The first kappa shape index (κ1) is 16.4. The van der Waals surface area contributed by atoms with Crippen molar-refractivity contribution >= 4 is 17.7 Å². The van der Waals surface area contributed by atoms with Crippen LogP contribution < -0.4 is 5.32 Å². The highest BCUT2D eigenvalue weighted by atomic mass is 19.1. The van der Waals surface area contributed by atoms with Crippen LogP contribution in [0.1, 0.15) is 20.7 Å². The molecule has 1 N–H and O–H groups in total. The van der Waals surface area contributed by atoms with E-state index in [-0.39, 0.29) is 17.9 Å². The maximum absolute atomic E-state index is 12.7. The Hall–Kier alpha value is -3.02. The molecular formula is C17H14FNO4. The molecule has 2 rings (SSSR count). The number of ether oxygens (including phenoxy) is 1. The maximum Gasteiger partial charge on any atom is 0.325 e. The molecule has 0 unspecified atom stereocenters. The second-order valence-corrected chi connectivity index (χ2v) is 4.64. The summed E-state index contributed by atoms with van der Waals surface area (Å²) in [6.45, 7) is -0.770. The van der Waals surface area contributed by atoms with E-state index in [4.69, 9.17) is 4.74 Å². The van der Waals surface area contributed by atoms with E-state index in [1.54, 1.807) is 30.3 Å². The van der Waals surface area contributed by atoms with E-state index < -0.39 is 24.3 Å². The quantitative estimate of drug-likeness (QED) is 0.653. The molecule has 0 radical (unpaired) electrons. The molecule has 0 aromatic heterocycles. The number of halogens is 1. The van der Waals surface area contributed by atoms with E-state index in [0.29, 0.717) is 5.56 Å². The largest absolute Gasteiger partial charge is 0.456 e. The molecule has 1 amide bonds. The van der Waals surface area contributed by atoms with E-state index >= 15 is 0 Å². The molecule has 0 atom stereocenters. The van der Waals surface area contributed by atoms with Gasteiger partial charge in [0, 0.05) is 11.1 Å². The number of nitrogens with one attached hydrogen (secondary N) is 1. The smallest absolute Gasteiger partial charge is 0.325 e. The van der Waals surface area contributed by atoms with Gasteiger partial charge in [0.15, 0.2) is 12.4 Å². The SMILES string of the molecule is O=C(CNC(=O)c1ccc(F)cc1)OCC(=O)c1ccccc1. The molecule has 0 heterocycles. The van der Waals surface area contributed by atoms with E-state index in [1.165, 1.54) is 12.1 Å². The Balaban J connectivity index is 1.76. The van der Waals surface area contributed by atoms with Crippen molar-refractivity contribution in [1.82, 2.24) is 5.32 Å². The standard InChI is InChI=1S/C17H14FNO4/c18-14-8-6-13(7-9-14)17(22)19-10-16(21)23-11-15(20)12-4-2-1-3-5-12/h1-9H,10-11H2,(H,19,22). The first-order valence-corrected chi connectivity index (χ1v) is 6.84. The van der Waals surface area contributed by atoms with Crippen molar-refractivity contribution in [3.63, 3.8) is 0 Å². The van der Waals surface area contributed by atoms with Gasteiger partial charge >= 0.3 is 5.97 Å². The van der Waals surface area contributed by atoms with Crippen LogP contribution in [0.3, 0.4) is 0 Å². The highest BCUT2D eigenvalue weighted by Gasteiger charge is 2.11. The molecule has 0 spiro atoms. The predicted octanol–water partition coefficient (Wildman–Crippen LogP) is 1.98. The summed E-state index contributed by atoms with van der Waals surface area (Å²) >= 11 is 0. The monoisotopic (exact) mass is 315 g/mol. The van der Waals surface area contributed by atoms with Crippen molar-refractivity contribution < 1.29 is 23.5 Å². The lowest BCUT2D eigenvalue weighted by atomic mass is 10.1. The number of ketones is 1. The minimum atomic E-state index is -0.732. The van der Waals surface area contributed by atoms with Crippen molar-refractivity contribution in [2.75, 3.05) is 13.2 Å². The van der Waals surface area contributed by atoms with Crippen molar-refractivity contribution in [2.24, 2.45) is 0 Å². The van der Waals surface area contributed by atoms with Crippen LogP contribution in [0.5, 0.6) is 0 Å². The molecule has 0 fully saturated rings. The van der Waals surface area contributed by atoms with Crippen LogP contribution in [-0.2, 0) is 9.53 Å². The van der Waals surface area contributed by atoms with Crippen LogP contribution in [0.15, 0.2) is 54.6 Å². The van der Waals surface area contributed by atoms with Crippen molar-refractivity contribution in [3.05, 3.63) is 71.5 Å². The Kier molecular flexibility index (Phi) is 5.57. The molecule has 2 aromatic rings. The van der Waals surface area contributed by atoms with Crippen molar-refractivity contribution in [2.45, 2.75) is 0 Å². The Morgan fingerprint density at radius 3 is 2.22 bits per heavy atom. The van der Waals surface area contributed by atoms with Gasteiger partial charge < -0.3 is 10.1 Å². The Labute approximate surface area is 132 Å². The van der Waals surface area contributed by atoms with E-state index in [0.717, 1.165) is 12.1 Å². The first-order valence-electron chi connectivity index (χ1n) is 6.84. The normalized spacial score (nSPS) is 9.96. The minimum absolute atomic E-state index is 0.222. The molecule has 5 nitrogen and oxygen atoms in total. The summed E-state index contributed by atoms with van der Waals surface area (Å²) in [5.41, 5.74) is 0.662. The van der Waals surface area contributed by atoms with Gasteiger partial charge in [0.25, 0.3) is 5.91 Å². The van der Waals surface area contributed by atoms with Gasteiger partial charge in [-0.25, -0.2) is 4.39 Å². The van der Waals surface area contributed by atoms with Gasteiger partial charge in [0.2, 0.25) is 0 Å². The molecule has 2 aromatic carbocycles.